The van der Waals surface area contributed by atoms with E-state index in [2.05, 4.69) is 15.2 Å². The lowest BCUT2D eigenvalue weighted by Gasteiger charge is -2.37. The van der Waals surface area contributed by atoms with Crippen molar-refractivity contribution in [2.45, 2.75) is 38.1 Å². The Labute approximate surface area is 142 Å². The average Bonchev–Trinajstić information content (AvgIpc) is 3.01. The summed E-state index contributed by atoms with van der Waals surface area (Å²) in [5, 5.41) is 6.46. The third kappa shape index (κ3) is 4.31. The van der Waals surface area contributed by atoms with E-state index in [9.17, 15) is 4.79 Å². The first-order chi connectivity index (χ1) is 9.36. The number of halogens is 2. The summed E-state index contributed by atoms with van der Waals surface area (Å²) in [6.07, 6.45) is 7.41. The van der Waals surface area contributed by atoms with Crippen LogP contribution in [0.25, 0.3) is 0 Å². The van der Waals surface area contributed by atoms with Crippen LogP contribution >= 0.6 is 36.2 Å². The molecule has 0 bridgehead atoms. The first-order valence-corrected chi connectivity index (χ1v) is 8.15. The van der Waals surface area contributed by atoms with Crippen molar-refractivity contribution in [2.75, 3.05) is 19.6 Å². The van der Waals surface area contributed by atoms with Crippen molar-refractivity contribution >= 4 is 42.1 Å². The van der Waals surface area contributed by atoms with Gasteiger partial charge in [0.1, 0.15) is 5.01 Å². The minimum atomic E-state index is 0. The first-order valence-electron chi connectivity index (χ1n) is 7.27. The van der Waals surface area contributed by atoms with Crippen LogP contribution in [0.2, 0.25) is 0 Å². The molecule has 3 heterocycles. The van der Waals surface area contributed by atoms with Crippen LogP contribution in [0.1, 0.15) is 43.2 Å². The van der Waals surface area contributed by atoms with Crippen molar-refractivity contribution < 1.29 is 4.79 Å². The normalized spacial score (nSPS) is 25.6. The Morgan fingerprint density at radius 2 is 2.14 bits per heavy atom. The van der Waals surface area contributed by atoms with Crippen molar-refractivity contribution in [1.82, 2.24) is 15.2 Å². The van der Waals surface area contributed by atoms with E-state index in [1.165, 1.54) is 6.42 Å². The number of carbonyl (C=O) groups excluding carboxylic acids is 1. The Bertz CT molecular complexity index is 424. The van der Waals surface area contributed by atoms with Gasteiger partial charge in [0.05, 0.1) is 12.0 Å². The molecule has 2 saturated heterocycles. The maximum absolute atomic E-state index is 12.7. The van der Waals surface area contributed by atoms with Gasteiger partial charge in [-0.2, -0.15) is 0 Å². The molecule has 2 fully saturated rings. The monoisotopic (exact) mass is 351 g/mol. The zero-order valence-corrected chi connectivity index (χ0v) is 14.4. The number of rotatable bonds is 2. The lowest BCUT2D eigenvalue weighted by Crippen LogP contribution is -2.46. The summed E-state index contributed by atoms with van der Waals surface area (Å²) in [4.78, 5) is 19.2. The van der Waals surface area contributed by atoms with Crippen LogP contribution in [-0.4, -0.2) is 35.4 Å². The number of hydrogen-bond acceptors (Lipinski definition) is 4. The first kappa shape index (κ1) is 18.7. The molecule has 1 amide bonds. The molecular formula is C14H23Cl2N3OS. The average molecular weight is 352 g/mol. The van der Waals surface area contributed by atoms with Crippen molar-refractivity contribution in [3.63, 3.8) is 0 Å². The molecule has 120 valence electrons. The van der Waals surface area contributed by atoms with E-state index in [1.54, 1.807) is 11.3 Å². The minimum absolute atomic E-state index is 0. The van der Waals surface area contributed by atoms with Crippen LogP contribution in [0.4, 0.5) is 0 Å². The van der Waals surface area contributed by atoms with Gasteiger partial charge in [-0.1, -0.05) is 0 Å². The van der Waals surface area contributed by atoms with Gasteiger partial charge in [-0.15, -0.1) is 36.2 Å². The van der Waals surface area contributed by atoms with Crippen molar-refractivity contribution in [3.05, 3.63) is 16.6 Å². The Morgan fingerprint density at radius 3 is 2.81 bits per heavy atom. The van der Waals surface area contributed by atoms with Crippen LogP contribution in [0.5, 0.6) is 0 Å². The van der Waals surface area contributed by atoms with Gasteiger partial charge >= 0.3 is 0 Å². The minimum Gasteiger partial charge on any atom is -0.333 e. The molecule has 2 unspecified atom stereocenters. The van der Waals surface area contributed by atoms with E-state index < -0.39 is 0 Å². The van der Waals surface area contributed by atoms with Gasteiger partial charge in [0.15, 0.2) is 0 Å². The summed E-state index contributed by atoms with van der Waals surface area (Å²) < 4.78 is 0. The largest absolute Gasteiger partial charge is 0.333 e. The number of nitrogens with one attached hydrogen (secondary N) is 1. The predicted octanol–water partition coefficient (Wildman–Crippen LogP) is 3.04. The maximum atomic E-state index is 12.7. The number of carbonyl (C=O) groups is 1. The van der Waals surface area contributed by atoms with Gasteiger partial charge in [-0.05, 0) is 38.6 Å². The Kier molecular flexibility index (Phi) is 7.95. The van der Waals surface area contributed by atoms with Crippen molar-refractivity contribution in [3.8, 4) is 0 Å². The summed E-state index contributed by atoms with van der Waals surface area (Å²) >= 11 is 1.68. The smallest absolute Gasteiger partial charge is 0.227 e. The quantitative estimate of drug-likeness (QED) is 0.890. The van der Waals surface area contributed by atoms with E-state index in [4.69, 9.17) is 0 Å². The topological polar surface area (TPSA) is 45.2 Å². The third-order valence-electron chi connectivity index (χ3n) is 4.17. The molecule has 1 N–H and O–H groups in total. The molecule has 0 saturated carbocycles. The maximum Gasteiger partial charge on any atom is 0.227 e. The van der Waals surface area contributed by atoms with E-state index in [0.29, 0.717) is 5.91 Å². The standard InChI is InChI=1S/C14H21N3OS.2ClH/c18-14(11-4-3-6-15-10-11)17-8-2-1-5-12(17)13-16-7-9-19-13;;/h7,9,11-12,15H,1-6,8,10H2;2*1H. The number of nitrogens with zero attached hydrogens (tertiary/aromatic N) is 2. The Morgan fingerprint density at radius 1 is 1.29 bits per heavy atom. The molecule has 0 spiro atoms. The van der Waals surface area contributed by atoms with Crippen LogP contribution in [0.3, 0.4) is 0 Å². The second kappa shape index (κ2) is 8.93. The molecule has 21 heavy (non-hydrogen) atoms. The molecular weight excluding hydrogens is 329 g/mol. The molecule has 2 atom stereocenters. The summed E-state index contributed by atoms with van der Waals surface area (Å²) in [5.41, 5.74) is 0. The van der Waals surface area contributed by atoms with E-state index in [1.807, 2.05) is 11.6 Å². The van der Waals surface area contributed by atoms with Gasteiger partial charge < -0.3 is 10.2 Å². The molecule has 3 rings (SSSR count). The number of thiazole rings is 1. The van der Waals surface area contributed by atoms with Gasteiger partial charge in [-0.3, -0.25) is 4.79 Å². The predicted molar refractivity (Wildman–Crippen MR) is 90.5 cm³/mol. The highest BCUT2D eigenvalue weighted by atomic mass is 35.5. The number of aromatic nitrogens is 1. The number of hydrogen-bond donors (Lipinski definition) is 1. The lowest BCUT2D eigenvalue weighted by molar-refractivity contribution is -0.140. The van der Waals surface area contributed by atoms with Crippen molar-refractivity contribution in [2.24, 2.45) is 5.92 Å². The van der Waals surface area contributed by atoms with E-state index >= 15 is 0 Å². The van der Waals surface area contributed by atoms with Crippen LogP contribution in [0.15, 0.2) is 11.6 Å². The summed E-state index contributed by atoms with van der Waals surface area (Å²) in [5.74, 6) is 0.515. The molecule has 1 aromatic rings. The third-order valence-corrected chi connectivity index (χ3v) is 5.05. The summed E-state index contributed by atoms with van der Waals surface area (Å²) in [6.45, 7) is 2.80. The van der Waals surface area contributed by atoms with E-state index in [-0.39, 0.29) is 36.8 Å². The fraction of sp³-hybridized carbons (Fsp3) is 0.714. The number of amides is 1. The second-order valence-electron chi connectivity index (χ2n) is 5.46. The SMILES string of the molecule is Cl.Cl.O=C(C1CCCNC1)N1CCCCC1c1nccs1. The summed E-state index contributed by atoms with van der Waals surface area (Å²) in [6, 6.07) is 0.225. The molecule has 1 aromatic heterocycles. The van der Waals surface area contributed by atoms with Gasteiger partial charge in [0.2, 0.25) is 5.91 Å². The van der Waals surface area contributed by atoms with Gasteiger partial charge in [0.25, 0.3) is 0 Å². The Balaban J connectivity index is 0.00000110. The molecule has 0 aromatic carbocycles. The van der Waals surface area contributed by atoms with E-state index in [0.717, 1.165) is 50.3 Å². The molecule has 2 aliphatic heterocycles. The van der Waals surface area contributed by atoms with Gasteiger partial charge in [-0.25, -0.2) is 4.98 Å². The summed E-state index contributed by atoms with van der Waals surface area (Å²) in [7, 11) is 0. The lowest BCUT2D eigenvalue weighted by atomic mass is 9.94. The number of likely N-dealkylation sites (tertiary alicyclic amines) is 1. The van der Waals surface area contributed by atoms with Gasteiger partial charge in [0, 0.05) is 24.7 Å². The molecule has 0 aliphatic carbocycles. The molecule has 2 aliphatic rings. The highest BCUT2D eigenvalue weighted by Crippen LogP contribution is 2.33. The van der Waals surface area contributed by atoms with Crippen LogP contribution < -0.4 is 5.32 Å². The number of piperidine rings is 2. The van der Waals surface area contributed by atoms with Crippen LogP contribution in [-0.2, 0) is 4.79 Å². The highest BCUT2D eigenvalue weighted by molar-refractivity contribution is 7.09. The molecule has 4 nitrogen and oxygen atoms in total. The fourth-order valence-corrected chi connectivity index (χ4v) is 3.93. The molecule has 0 radical (unpaired) electrons. The highest BCUT2D eigenvalue weighted by Gasteiger charge is 2.33. The zero-order chi connectivity index (χ0) is 13.1. The molecule has 7 heteroatoms. The van der Waals surface area contributed by atoms with Crippen LogP contribution in [0, 0.1) is 5.92 Å². The van der Waals surface area contributed by atoms with Crippen molar-refractivity contribution in [1.29, 1.82) is 0 Å². The second-order valence-corrected chi connectivity index (χ2v) is 6.38. The zero-order valence-electron chi connectivity index (χ0n) is 12.0. The fourth-order valence-electron chi connectivity index (χ4n) is 3.15. The Hall–Kier alpha value is -0.360.